The van der Waals surface area contributed by atoms with Crippen LogP contribution in [0.25, 0.3) is 0 Å². The van der Waals surface area contributed by atoms with Gasteiger partial charge >= 0.3 is 0 Å². The van der Waals surface area contributed by atoms with Gasteiger partial charge in [0.05, 0.1) is 11.5 Å². The van der Waals surface area contributed by atoms with E-state index in [9.17, 15) is 9.50 Å². The number of aliphatic hydroxyl groups is 1. The Morgan fingerprint density at radius 2 is 2.29 bits per heavy atom. The maximum Gasteiger partial charge on any atom is 0.128 e. The molecule has 2 heterocycles. The average molecular weight is 289 g/mol. The predicted molar refractivity (Wildman–Crippen MR) is 77.9 cm³/mol. The molecule has 0 bridgehead atoms. The molecule has 2 unspecified atom stereocenters. The van der Waals surface area contributed by atoms with Gasteiger partial charge in [0.25, 0.3) is 0 Å². The van der Waals surface area contributed by atoms with Gasteiger partial charge in [-0.2, -0.15) is 0 Å². The van der Waals surface area contributed by atoms with Crippen molar-refractivity contribution < 1.29 is 14.2 Å². The minimum Gasteiger partial charge on any atom is -0.488 e. The number of aryl methyl sites for hydroxylation is 1. The van der Waals surface area contributed by atoms with Gasteiger partial charge in [-0.05, 0) is 38.6 Å². The van der Waals surface area contributed by atoms with Crippen molar-refractivity contribution in [2.45, 2.75) is 43.9 Å². The molecule has 1 spiro atoms. The van der Waals surface area contributed by atoms with E-state index in [0.29, 0.717) is 13.0 Å². The molecule has 3 nitrogen and oxygen atoms in total. The summed E-state index contributed by atoms with van der Waals surface area (Å²) in [7, 11) is 2.03. The first-order valence-electron chi connectivity index (χ1n) is 7.56. The van der Waals surface area contributed by atoms with Gasteiger partial charge in [0.2, 0.25) is 0 Å². The van der Waals surface area contributed by atoms with Gasteiger partial charge < -0.3 is 14.7 Å². The maximum absolute atomic E-state index is 14.5. The van der Waals surface area contributed by atoms with Gasteiger partial charge in [0, 0.05) is 24.1 Å². The van der Waals surface area contributed by atoms with Crippen LogP contribution < -0.4 is 4.74 Å². The topological polar surface area (TPSA) is 32.7 Å². The molecule has 0 saturated heterocycles. The number of hydrogen-bond acceptors (Lipinski definition) is 3. The highest BCUT2D eigenvalue weighted by atomic mass is 19.1. The standard InChI is InChI=1S/C17H20FNO2/c1-10-7-13(18)12-9-19(2)6-5-17-4-3-11(20)8-14(17)21-16(10)15(12)17/h3-4,7,11,14,20H,5-6,8-9H2,1-2H3/t11-,14?,17?/m0/s1. The normalized spacial score (nSPS) is 34.1. The maximum atomic E-state index is 14.5. The second-order valence-electron chi connectivity index (χ2n) is 6.65. The third-order valence-electron chi connectivity index (χ3n) is 5.23. The van der Waals surface area contributed by atoms with Crippen molar-refractivity contribution in [1.29, 1.82) is 0 Å². The zero-order chi connectivity index (χ0) is 14.8. The number of ether oxygens (including phenoxy) is 1. The molecule has 21 heavy (non-hydrogen) atoms. The number of hydrogen-bond donors (Lipinski definition) is 1. The summed E-state index contributed by atoms with van der Waals surface area (Å²) < 4.78 is 20.7. The van der Waals surface area contributed by atoms with Crippen molar-refractivity contribution in [3.63, 3.8) is 0 Å². The van der Waals surface area contributed by atoms with E-state index < -0.39 is 6.10 Å². The molecule has 2 aliphatic heterocycles. The Bertz CT molecular complexity index is 642. The second kappa shape index (κ2) is 4.31. The highest BCUT2D eigenvalue weighted by Crippen LogP contribution is 2.54. The molecular formula is C17H20FNO2. The lowest BCUT2D eigenvalue weighted by Crippen LogP contribution is -2.42. The monoisotopic (exact) mass is 289 g/mol. The molecule has 0 fully saturated rings. The first-order chi connectivity index (χ1) is 10.0. The van der Waals surface area contributed by atoms with E-state index in [4.69, 9.17) is 4.74 Å². The zero-order valence-electron chi connectivity index (χ0n) is 12.4. The minimum absolute atomic E-state index is 0.0850. The fourth-order valence-electron chi connectivity index (χ4n) is 4.13. The lowest BCUT2D eigenvalue weighted by molar-refractivity contribution is 0.0833. The van der Waals surface area contributed by atoms with Crippen molar-refractivity contribution in [2.75, 3.05) is 13.6 Å². The van der Waals surface area contributed by atoms with Crippen LogP contribution in [0.3, 0.4) is 0 Å². The fourth-order valence-corrected chi connectivity index (χ4v) is 4.13. The Hall–Kier alpha value is -1.39. The van der Waals surface area contributed by atoms with E-state index >= 15 is 0 Å². The largest absolute Gasteiger partial charge is 0.488 e. The first kappa shape index (κ1) is 13.3. The summed E-state index contributed by atoms with van der Waals surface area (Å²) in [5.41, 5.74) is 2.37. The smallest absolute Gasteiger partial charge is 0.128 e. The summed E-state index contributed by atoms with van der Waals surface area (Å²) in [4.78, 5) is 2.16. The number of halogens is 1. The molecule has 0 amide bonds. The van der Waals surface area contributed by atoms with Crippen LogP contribution in [0.1, 0.15) is 29.5 Å². The van der Waals surface area contributed by atoms with Crippen LogP contribution in [-0.2, 0) is 12.0 Å². The number of rotatable bonds is 0. The Balaban J connectivity index is 2.00. The average Bonchev–Trinajstić information content (AvgIpc) is 2.68. The van der Waals surface area contributed by atoms with E-state index in [-0.39, 0.29) is 17.3 Å². The summed E-state index contributed by atoms with van der Waals surface area (Å²) in [5, 5.41) is 9.93. The van der Waals surface area contributed by atoms with E-state index in [1.165, 1.54) is 0 Å². The highest BCUT2D eigenvalue weighted by Gasteiger charge is 2.52. The van der Waals surface area contributed by atoms with Crippen LogP contribution in [0.4, 0.5) is 4.39 Å². The van der Waals surface area contributed by atoms with Crippen LogP contribution in [0.5, 0.6) is 5.75 Å². The summed E-state index contributed by atoms with van der Waals surface area (Å²) >= 11 is 0. The van der Waals surface area contributed by atoms with E-state index in [2.05, 4.69) is 11.0 Å². The summed E-state index contributed by atoms with van der Waals surface area (Å²) in [6.45, 7) is 3.41. The van der Waals surface area contributed by atoms with Crippen molar-refractivity contribution in [3.8, 4) is 5.75 Å². The molecule has 1 N–H and O–H groups in total. The highest BCUT2D eigenvalue weighted by molar-refractivity contribution is 5.58. The number of nitrogens with zero attached hydrogens (tertiary/aromatic N) is 1. The van der Waals surface area contributed by atoms with Gasteiger partial charge in [-0.1, -0.05) is 12.2 Å². The molecule has 4 rings (SSSR count). The Morgan fingerprint density at radius 1 is 1.48 bits per heavy atom. The van der Waals surface area contributed by atoms with Crippen molar-refractivity contribution >= 4 is 0 Å². The molecule has 3 atom stereocenters. The zero-order valence-corrected chi connectivity index (χ0v) is 12.4. The SMILES string of the molecule is Cc1cc(F)c2c3c1OC1C[C@@H](O)C=CC31CCN(C)C2. The molecule has 1 aromatic rings. The number of benzene rings is 1. The lowest BCUT2D eigenvalue weighted by atomic mass is 9.69. The van der Waals surface area contributed by atoms with Crippen LogP contribution in [-0.4, -0.2) is 35.8 Å². The predicted octanol–water partition coefficient (Wildman–Crippen LogP) is 2.29. The Labute approximate surface area is 124 Å². The summed E-state index contributed by atoms with van der Waals surface area (Å²) in [6, 6.07) is 1.58. The van der Waals surface area contributed by atoms with Gasteiger partial charge in [-0.15, -0.1) is 0 Å². The van der Waals surface area contributed by atoms with E-state index in [0.717, 1.165) is 35.4 Å². The fraction of sp³-hybridized carbons (Fsp3) is 0.529. The molecule has 1 aliphatic carbocycles. The Kier molecular flexibility index (Phi) is 2.72. The van der Waals surface area contributed by atoms with Crippen molar-refractivity contribution in [1.82, 2.24) is 4.90 Å². The van der Waals surface area contributed by atoms with Crippen molar-refractivity contribution in [2.24, 2.45) is 0 Å². The molecule has 0 saturated carbocycles. The Morgan fingerprint density at radius 3 is 3.10 bits per heavy atom. The van der Waals surface area contributed by atoms with E-state index in [1.807, 2.05) is 20.0 Å². The lowest BCUT2D eigenvalue weighted by Gasteiger charge is -2.35. The third-order valence-corrected chi connectivity index (χ3v) is 5.23. The van der Waals surface area contributed by atoms with E-state index in [1.54, 1.807) is 6.07 Å². The summed E-state index contributed by atoms with van der Waals surface area (Å²) in [6.07, 6.45) is 4.85. The number of aliphatic hydroxyl groups excluding tert-OH is 1. The summed E-state index contributed by atoms with van der Waals surface area (Å²) in [5.74, 6) is 0.702. The molecule has 4 heteroatoms. The van der Waals surface area contributed by atoms with Gasteiger partial charge in [0.15, 0.2) is 0 Å². The first-order valence-corrected chi connectivity index (χ1v) is 7.56. The van der Waals surface area contributed by atoms with Crippen LogP contribution in [0.15, 0.2) is 18.2 Å². The molecule has 3 aliphatic rings. The van der Waals surface area contributed by atoms with Gasteiger partial charge in [-0.25, -0.2) is 4.39 Å². The third kappa shape index (κ3) is 1.72. The van der Waals surface area contributed by atoms with Crippen LogP contribution in [0.2, 0.25) is 0 Å². The van der Waals surface area contributed by atoms with Gasteiger partial charge in [-0.3, -0.25) is 0 Å². The van der Waals surface area contributed by atoms with Gasteiger partial charge in [0.1, 0.15) is 17.7 Å². The molecular weight excluding hydrogens is 269 g/mol. The van der Waals surface area contributed by atoms with Crippen LogP contribution >= 0.6 is 0 Å². The van der Waals surface area contributed by atoms with Crippen molar-refractivity contribution in [3.05, 3.63) is 40.7 Å². The quantitative estimate of drug-likeness (QED) is 0.744. The molecule has 112 valence electrons. The minimum atomic E-state index is -0.468. The molecule has 0 aromatic heterocycles. The van der Waals surface area contributed by atoms with Crippen LogP contribution in [0, 0.1) is 12.7 Å². The second-order valence-corrected chi connectivity index (χ2v) is 6.65. The molecule has 1 aromatic carbocycles. The molecule has 0 radical (unpaired) electrons.